The van der Waals surface area contributed by atoms with Gasteiger partial charge in [-0.15, -0.1) is 11.3 Å². The van der Waals surface area contributed by atoms with Crippen molar-refractivity contribution < 1.29 is 9.53 Å². The zero-order valence-electron chi connectivity index (χ0n) is 16.3. The molecule has 8 heteroatoms. The fraction of sp³-hybridized carbons (Fsp3) is 0.550. The molecule has 0 spiro atoms. The monoisotopic (exact) mass is 401 g/mol. The van der Waals surface area contributed by atoms with Gasteiger partial charge in [0.2, 0.25) is 5.91 Å². The lowest BCUT2D eigenvalue weighted by atomic mass is 10.2. The Labute approximate surface area is 169 Å². The topological polar surface area (TPSA) is 61.8 Å². The van der Waals surface area contributed by atoms with Crippen LogP contribution in [0.2, 0.25) is 0 Å². The molecular formula is C20H27N5O2S. The van der Waals surface area contributed by atoms with Gasteiger partial charge in [0.15, 0.2) is 0 Å². The number of nitrogens with zero attached hydrogens (tertiary/aromatic N) is 5. The van der Waals surface area contributed by atoms with Crippen molar-refractivity contribution >= 4 is 28.9 Å². The fourth-order valence-corrected chi connectivity index (χ4v) is 4.61. The molecule has 2 fully saturated rings. The number of amides is 1. The van der Waals surface area contributed by atoms with Crippen molar-refractivity contribution in [1.29, 1.82) is 0 Å². The van der Waals surface area contributed by atoms with Crippen molar-refractivity contribution in [2.24, 2.45) is 0 Å². The van der Waals surface area contributed by atoms with Crippen molar-refractivity contribution in [1.82, 2.24) is 14.9 Å². The van der Waals surface area contributed by atoms with E-state index in [9.17, 15) is 4.79 Å². The third-order valence-corrected chi connectivity index (χ3v) is 6.55. The Morgan fingerprint density at radius 3 is 2.39 bits per heavy atom. The van der Waals surface area contributed by atoms with E-state index in [0.717, 1.165) is 70.5 Å². The number of piperazine rings is 1. The minimum absolute atomic E-state index is 0.254. The van der Waals surface area contributed by atoms with E-state index in [1.165, 1.54) is 10.4 Å². The van der Waals surface area contributed by atoms with Crippen LogP contribution < -0.4 is 9.80 Å². The van der Waals surface area contributed by atoms with Gasteiger partial charge in [0, 0.05) is 56.6 Å². The van der Waals surface area contributed by atoms with Gasteiger partial charge in [0.25, 0.3) is 0 Å². The summed E-state index contributed by atoms with van der Waals surface area (Å²) < 4.78 is 5.42. The van der Waals surface area contributed by atoms with Crippen molar-refractivity contribution in [3.8, 4) is 0 Å². The highest BCUT2D eigenvalue weighted by molar-refractivity contribution is 7.10. The van der Waals surface area contributed by atoms with E-state index in [2.05, 4.69) is 44.2 Å². The quantitative estimate of drug-likeness (QED) is 0.763. The average Bonchev–Trinajstić information content (AvgIpc) is 3.17. The van der Waals surface area contributed by atoms with Crippen LogP contribution in [0, 0.1) is 6.92 Å². The lowest BCUT2D eigenvalue weighted by molar-refractivity contribution is -0.131. The largest absolute Gasteiger partial charge is 0.378 e. The normalized spacial score (nSPS) is 17.8. The average molecular weight is 402 g/mol. The zero-order valence-corrected chi connectivity index (χ0v) is 17.2. The van der Waals surface area contributed by atoms with Crippen LogP contribution in [0.15, 0.2) is 23.8 Å². The summed E-state index contributed by atoms with van der Waals surface area (Å²) in [4.78, 5) is 29.3. The highest BCUT2D eigenvalue weighted by atomic mass is 32.1. The SMILES string of the molecule is Cc1ccsc1CCC(=O)N1CCN(c2cc(N3CCOCC3)ncn2)CC1. The number of hydrogen-bond donors (Lipinski definition) is 0. The lowest BCUT2D eigenvalue weighted by Gasteiger charge is -2.36. The third-order valence-electron chi connectivity index (χ3n) is 5.46. The van der Waals surface area contributed by atoms with Crippen LogP contribution in [0.25, 0.3) is 0 Å². The fourth-order valence-electron chi connectivity index (χ4n) is 3.70. The van der Waals surface area contributed by atoms with Gasteiger partial charge in [0.05, 0.1) is 13.2 Å². The number of carbonyl (C=O) groups excluding carboxylic acids is 1. The van der Waals surface area contributed by atoms with Crippen LogP contribution in [0.5, 0.6) is 0 Å². The number of thiophene rings is 1. The molecule has 0 unspecified atom stereocenters. The maximum Gasteiger partial charge on any atom is 0.223 e. The van der Waals surface area contributed by atoms with Crippen molar-refractivity contribution in [3.63, 3.8) is 0 Å². The molecule has 150 valence electrons. The standard InChI is InChI=1S/C20H27N5O2S/c1-16-4-13-28-17(16)2-3-20(26)25-7-5-23(6-8-25)18-14-19(22-15-21-18)24-9-11-27-12-10-24/h4,13-15H,2-3,5-12H2,1H3. The third kappa shape index (κ3) is 4.44. The predicted molar refractivity (Wildman–Crippen MR) is 111 cm³/mol. The molecule has 0 radical (unpaired) electrons. The number of morpholine rings is 1. The number of rotatable bonds is 5. The van der Waals surface area contributed by atoms with Gasteiger partial charge in [-0.2, -0.15) is 0 Å². The second kappa shape index (κ2) is 8.87. The maximum absolute atomic E-state index is 12.6. The van der Waals surface area contributed by atoms with Crippen LogP contribution in [-0.2, 0) is 16.0 Å². The van der Waals surface area contributed by atoms with Crippen LogP contribution >= 0.6 is 11.3 Å². The number of aryl methyl sites for hydroxylation is 2. The minimum atomic E-state index is 0.254. The van der Waals surface area contributed by atoms with Gasteiger partial charge in [0.1, 0.15) is 18.0 Å². The second-order valence-electron chi connectivity index (χ2n) is 7.23. The molecule has 1 amide bonds. The summed E-state index contributed by atoms with van der Waals surface area (Å²) in [6.07, 6.45) is 3.08. The molecule has 4 rings (SSSR count). The Balaban J connectivity index is 1.30. The maximum atomic E-state index is 12.6. The molecule has 7 nitrogen and oxygen atoms in total. The van der Waals surface area contributed by atoms with Gasteiger partial charge in [-0.25, -0.2) is 9.97 Å². The molecule has 2 aliphatic rings. The summed E-state index contributed by atoms with van der Waals surface area (Å²) in [7, 11) is 0. The number of hydrogen-bond acceptors (Lipinski definition) is 7. The molecule has 2 aliphatic heterocycles. The number of anilines is 2. The molecule has 4 heterocycles. The highest BCUT2D eigenvalue weighted by Crippen LogP contribution is 2.21. The second-order valence-corrected chi connectivity index (χ2v) is 8.23. The number of ether oxygens (including phenoxy) is 1. The molecule has 0 N–H and O–H groups in total. The summed E-state index contributed by atoms with van der Waals surface area (Å²) in [5, 5.41) is 2.10. The van der Waals surface area contributed by atoms with E-state index in [4.69, 9.17) is 4.74 Å². The van der Waals surface area contributed by atoms with Gasteiger partial charge < -0.3 is 19.4 Å². The Bertz CT molecular complexity index is 797. The van der Waals surface area contributed by atoms with Gasteiger partial charge >= 0.3 is 0 Å². The van der Waals surface area contributed by atoms with E-state index in [0.29, 0.717) is 6.42 Å². The van der Waals surface area contributed by atoms with Crippen LogP contribution in [-0.4, -0.2) is 73.3 Å². The zero-order chi connectivity index (χ0) is 19.3. The molecule has 2 aromatic heterocycles. The van der Waals surface area contributed by atoms with E-state index in [-0.39, 0.29) is 5.91 Å². The molecule has 0 aliphatic carbocycles. The molecular weight excluding hydrogens is 374 g/mol. The highest BCUT2D eigenvalue weighted by Gasteiger charge is 2.23. The summed E-state index contributed by atoms with van der Waals surface area (Å²) in [6, 6.07) is 4.18. The van der Waals surface area contributed by atoms with E-state index in [1.54, 1.807) is 17.7 Å². The first-order valence-electron chi connectivity index (χ1n) is 9.91. The summed E-state index contributed by atoms with van der Waals surface area (Å²) in [5.74, 6) is 2.15. The first-order chi connectivity index (χ1) is 13.7. The van der Waals surface area contributed by atoms with E-state index < -0.39 is 0 Å². The summed E-state index contributed by atoms with van der Waals surface area (Å²) in [5.41, 5.74) is 1.29. The van der Waals surface area contributed by atoms with Gasteiger partial charge in [-0.05, 0) is 30.4 Å². The van der Waals surface area contributed by atoms with Crippen LogP contribution in [0.4, 0.5) is 11.6 Å². The molecule has 0 atom stereocenters. The van der Waals surface area contributed by atoms with Crippen molar-refractivity contribution in [3.05, 3.63) is 34.3 Å². The van der Waals surface area contributed by atoms with E-state index >= 15 is 0 Å². The van der Waals surface area contributed by atoms with Gasteiger partial charge in [-0.3, -0.25) is 4.79 Å². The Morgan fingerprint density at radius 1 is 1.07 bits per heavy atom. The van der Waals surface area contributed by atoms with Crippen molar-refractivity contribution in [2.45, 2.75) is 19.8 Å². The van der Waals surface area contributed by atoms with Crippen LogP contribution in [0.1, 0.15) is 16.9 Å². The molecule has 2 saturated heterocycles. The Hall–Kier alpha value is -2.19. The molecule has 2 aromatic rings. The van der Waals surface area contributed by atoms with E-state index in [1.807, 2.05) is 4.90 Å². The Morgan fingerprint density at radius 2 is 1.75 bits per heavy atom. The van der Waals surface area contributed by atoms with Gasteiger partial charge in [-0.1, -0.05) is 0 Å². The first-order valence-corrected chi connectivity index (χ1v) is 10.8. The minimum Gasteiger partial charge on any atom is -0.378 e. The van der Waals surface area contributed by atoms with Crippen LogP contribution in [0.3, 0.4) is 0 Å². The summed E-state index contributed by atoms with van der Waals surface area (Å²) in [6.45, 7) is 8.44. The Kier molecular flexibility index (Phi) is 6.07. The molecule has 0 saturated carbocycles. The predicted octanol–water partition coefficient (Wildman–Crippen LogP) is 1.96. The lowest BCUT2D eigenvalue weighted by Crippen LogP contribution is -2.49. The first kappa shape index (κ1) is 19.1. The summed E-state index contributed by atoms with van der Waals surface area (Å²) >= 11 is 1.74. The number of carbonyl (C=O) groups is 1. The molecule has 0 aromatic carbocycles. The number of aromatic nitrogens is 2. The van der Waals surface area contributed by atoms with Crippen molar-refractivity contribution in [2.75, 3.05) is 62.3 Å². The molecule has 0 bridgehead atoms. The molecule has 28 heavy (non-hydrogen) atoms. The smallest absolute Gasteiger partial charge is 0.223 e.